The molecule has 0 spiro atoms. The Morgan fingerprint density at radius 1 is 1.00 bits per heavy atom. The van der Waals surface area contributed by atoms with Gasteiger partial charge in [0.25, 0.3) is 5.91 Å². The Bertz CT molecular complexity index is 1100. The molecule has 3 aromatic rings. The smallest absolute Gasteiger partial charge is 0.251 e. The number of rotatable bonds is 4. The summed E-state index contributed by atoms with van der Waals surface area (Å²) < 4.78 is 11.0. The molecule has 2 aliphatic rings. The third kappa shape index (κ3) is 6.56. The van der Waals surface area contributed by atoms with Crippen molar-refractivity contribution in [1.82, 2.24) is 5.32 Å². The number of anilines is 1. The fourth-order valence-electron chi connectivity index (χ4n) is 3.95. The molecule has 0 saturated carbocycles. The molecular formula is C28H32N2O3S. The lowest BCUT2D eigenvalue weighted by atomic mass is 10.0. The number of ether oxygens (including phenoxy) is 2. The van der Waals surface area contributed by atoms with Crippen LogP contribution in [0, 0.1) is 6.92 Å². The number of carbonyl (C=O) groups is 1. The number of thiophene rings is 1. The molecule has 1 saturated heterocycles. The largest absolute Gasteiger partial charge is 0.493 e. The van der Waals surface area contributed by atoms with Gasteiger partial charge in [-0.25, -0.2) is 0 Å². The third-order valence-corrected chi connectivity index (χ3v) is 6.74. The van der Waals surface area contributed by atoms with Crippen molar-refractivity contribution in [3.05, 3.63) is 76.0 Å². The van der Waals surface area contributed by atoms with Gasteiger partial charge in [-0.15, -0.1) is 0 Å². The minimum atomic E-state index is -0.0776. The summed E-state index contributed by atoms with van der Waals surface area (Å²) in [6, 6.07) is 16.8. The van der Waals surface area contributed by atoms with Crippen molar-refractivity contribution in [1.29, 1.82) is 0 Å². The zero-order valence-electron chi connectivity index (χ0n) is 19.8. The lowest BCUT2D eigenvalue weighted by molar-refractivity contribution is -0.113. The number of carbonyl (C=O) groups excluding carboxylic acids is 1. The van der Waals surface area contributed by atoms with Gasteiger partial charge in [-0.2, -0.15) is 11.3 Å². The first-order valence-electron chi connectivity index (χ1n) is 11.8. The number of nitrogens with one attached hydrogen (secondary N) is 2. The van der Waals surface area contributed by atoms with E-state index in [0.29, 0.717) is 19.1 Å². The van der Waals surface area contributed by atoms with Gasteiger partial charge in [-0.1, -0.05) is 23.8 Å². The number of hydrogen-bond acceptors (Lipinski definition) is 5. The quantitative estimate of drug-likeness (QED) is 0.491. The Balaban J connectivity index is 0.000000291. The van der Waals surface area contributed by atoms with Gasteiger partial charge in [0, 0.05) is 42.5 Å². The SMILES string of the molecule is CNC1CCOCC1.Cc1ccc(NC(=O)C2=Cc3cc(-c4ccsc4)ccc3OCC2)cc1. The van der Waals surface area contributed by atoms with Crippen LogP contribution in [0.25, 0.3) is 17.2 Å². The molecule has 1 aromatic heterocycles. The van der Waals surface area contributed by atoms with E-state index in [-0.39, 0.29) is 5.91 Å². The molecule has 2 N–H and O–H groups in total. The summed E-state index contributed by atoms with van der Waals surface area (Å²) in [7, 11) is 2.01. The van der Waals surface area contributed by atoms with Crippen molar-refractivity contribution >= 4 is 29.0 Å². The van der Waals surface area contributed by atoms with Gasteiger partial charge in [-0.05, 0) is 85.1 Å². The van der Waals surface area contributed by atoms with Gasteiger partial charge < -0.3 is 20.1 Å². The van der Waals surface area contributed by atoms with Crippen LogP contribution in [-0.2, 0) is 9.53 Å². The van der Waals surface area contributed by atoms with E-state index in [4.69, 9.17) is 9.47 Å². The first-order chi connectivity index (χ1) is 16.6. The van der Waals surface area contributed by atoms with Gasteiger partial charge in [-0.3, -0.25) is 4.79 Å². The summed E-state index contributed by atoms with van der Waals surface area (Å²) in [5, 5.41) is 10.4. The lowest BCUT2D eigenvalue weighted by Crippen LogP contribution is -2.31. The van der Waals surface area contributed by atoms with Crippen LogP contribution >= 0.6 is 11.3 Å². The van der Waals surface area contributed by atoms with Crippen molar-refractivity contribution in [2.45, 2.75) is 32.2 Å². The number of hydrogen-bond donors (Lipinski definition) is 2. The molecule has 5 nitrogen and oxygen atoms in total. The van der Waals surface area contributed by atoms with Gasteiger partial charge in [0.2, 0.25) is 0 Å². The number of aryl methyl sites for hydroxylation is 1. The van der Waals surface area contributed by atoms with E-state index in [1.54, 1.807) is 11.3 Å². The lowest BCUT2D eigenvalue weighted by Gasteiger charge is -2.20. The Hall–Kier alpha value is -2.93. The molecule has 34 heavy (non-hydrogen) atoms. The molecule has 3 heterocycles. The monoisotopic (exact) mass is 476 g/mol. The molecule has 0 atom stereocenters. The Morgan fingerprint density at radius 2 is 1.79 bits per heavy atom. The molecular weight excluding hydrogens is 444 g/mol. The van der Waals surface area contributed by atoms with Crippen LogP contribution in [-0.4, -0.2) is 38.8 Å². The van der Waals surface area contributed by atoms with Crippen molar-refractivity contribution in [3.8, 4) is 16.9 Å². The van der Waals surface area contributed by atoms with Crippen LogP contribution in [0.2, 0.25) is 0 Å². The van der Waals surface area contributed by atoms with E-state index >= 15 is 0 Å². The Labute approximate surface area is 205 Å². The van der Waals surface area contributed by atoms with E-state index in [9.17, 15) is 4.79 Å². The van der Waals surface area contributed by atoms with Crippen LogP contribution < -0.4 is 15.4 Å². The molecule has 1 fully saturated rings. The fraction of sp³-hybridized carbons (Fsp3) is 0.321. The van der Waals surface area contributed by atoms with Crippen molar-refractivity contribution < 1.29 is 14.3 Å². The van der Waals surface area contributed by atoms with Crippen LogP contribution in [0.1, 0.15) is 30.4 Å². The van der Waals surface area contributed by atoms with Gasteiger partial charge >= 0.3 is 0 Å². The average molecular weight is 477 g/mol. The van der Waals surface area contributed by atoms with E-state index in [1.165, 1.54) is 24.0 Å². The highest BCUT2D eigenvalue weighted by molar-refractivity contribution is 7.08. The first kappa shape index (κ1) is 24.2. The number of amides is 1. The molecule has 2 aromatic carbocycles. The fourth-order valence-corrected chi connectivity index (χ4v) is 4.61. The molecule has 2 aliphatic heterocycles. The van der Waals surface area contributed by atoms with Crippen LogP contribution in [0.15, 0.2) is 64.9 Å². The molecule has 0 aliphatic carbocycles. The minimum Gasteiger partial charge on any atom is -0.493 e. The topological polar surface area (TPSA) is 59.6 Å². The van der Waals surface area contributed by atoms with E-state index in [0.717, 1.165) is 41.4 Å². The molecule has 0 unspecified atom stereocenters. The second-order valence-corrected chi connectivity index (χ2v) is 9.31. The predicted octanol–water partition coefficient (Wildman–Crippen LogP) is 5.91. The highest BCUT2D eigenvalue weighted by Gasteiger charge is 2.16. The maximum Gasteiger partial charge on any atom is 0.251 e. The van der Waals surface area contributed by atoms with Gasteiger partial charge in [0.15, 0.2) is 0 Å². The zero-order chi connectivity index (χ0) is 23.8. The molecule has 1 amide bonds. The highest BCUT2D eigenvalue weighted by atomic mass is 32.1. The molecule has 0 bridgehead atoms. The predicted molar refractivity (Wildman–Crippen MR) is 141 cm³/mol. The summed E-state index contributed by atoms with van der Waals surface area (Å²) in [5.74, 6) is 0.744. The summed E-state index contributed by atoms with van der Waals surface area (Å²) in [5.41, 5.74) is 5.96. The number of fused-ring (bicyclic) bond motifs is 1. The second-order valence-electron chi connectivity index (χ2n) is 8.53. The maximum absolute atomic E-state index is 12.7. The van der Waals surface area contributed by atoms with Crippen LogP contribution in [0.5, 0.6) is 5.75 Å². The third-order valence-electron chi connectivity index (χ3n) is 6.05. The zero-order valence-corrected chi connectivity index (χ0v) is 20.6. The average Bonchev–Trinajstić information content (AvgIpc) is 3.33. The first-order valence-corrected chi connectivity index (χ1v) is 12.7. The normalized spacial score (nSPS) is 15.6. The highest BCUT2D eigenvalue weighted by Crippen LogP contribution is 2.32. The van der Waals surface area contributed by atoms with E-state index in [1.807, 2.05) is 50.4 Å². The van der Waals surface area contributed by atoms with E-state index < -0.39 is 0 Å². The second kappa shape index (κ2) is 12.0. The summed E-state index contributed by atoms with van der Waals surface area (Å²) in [4.78, 5) is 12.7. The van der Waals surface area contributed by atoms with E-state index in [2.05, 4.69) is 39.6 Å². The standard InChI is InChI=1S/C22H19NO2S.C6H13NO/c1-15-2-5-20(6-3-15)23-22(24)17-8-10-25-21-7-4-16(12-19(21)13-17)18-9-11-26-14-18;1-7-6-2-4-8-5-3-6/h2-7,9,11-14H,8,10H2,1H3,(H,23,24);6-7H,2-5H2,1H3. The van der Waals surface area contributed by atoms with Gasteiger partial charge in [0.1, 0.15) is 5.75 Å². The molecule has 178 valence electrons. The number of benzene rings is 2. The molecule has 5 rings (SSSR count). The van der Waals surface area contributed by atoms with Crippen molar-refractivity contribution in [3.63, 3.8) is 0 Å². The molecule has 6 heteroatoms. The summed E-state index contributed by atoms with van der Waals surface area (Å²) >= 11 is 1.67. The van der Waals surface area contributed by atoms with Crippen molar-refractivity contribution in [2.75, 3.05) is 32.2 Å². The van der Waals surface area contributed by atoms with Crippen molar-refractivity contribution in [2.24, 2.45) is 0 Å². The Kier molecular flexibility index (Phi) is 8.52. The maximum atomic E-state index is 12.7. The van der Waals surface area contributed by atoms with Crippen LogP contribution in [0.4, 0.5) is 5.69 Å². The summed E-state index contributed by atoms with van der Waals surface area (Å²) in [6.45, 7) is 4.40. The van der Waals surface area contributed by atoms with Crippen LogP contribution in [0.3, 0.4) is 0 Å². The minimum absolute atomic E-state index is 0.0776. The van der Waals surface area contributed by atoms with Gasteiger partial charge in [0.05, 0.1) is 6.61 Å². The molecule has 0 radical (unpaired) electrons. The Morgan fingerprint density at radius 3 is 2.47 bits per heavy atom. The summed E-state index contributed by atoms with van der Waals surface area (Å²) in [6.07, 6.45) is 4.88.